The number of carbonyl (C=O) groups excluding carboxylic acids is 1. The molecule has 3 aromatic rings. The maximum absolute atomic E-state index is 11.7. The lowest BCUT2D eigenvalue weighted by Gasteiger charge is -2.24. The molecule has 1 aliphatic carbocycles. The molecule has 1 heterocycles. The van der Waals surface area contributed by atoms with E-state index in [1.807, 2.05) is 30.3 Å². The molecule has 0 N–H and O–H groups in total. The van der Waals surface area contributed by atoms with E-state index in [0.29, 0.717) is 5.56 Å². The number of benzene rings is 3. The number of hydrogen-bond donors (Lipinski definition) is 0. The van der Waals surface area contributed by atoms with Gasteiger partial charge in [0, 0.05) is 22.3 Å². The largest absolute Gasteiger partial charge is 0.482 e. The number of ether oxygens (including phenoxy) is 1. The van der Waals surface area contributed by atoms with Crippen molar-refractivity contribution in [1.82, 2.24) is 0 Å². The van der Waals surface area contributed by atoms with Crippen LogP contribution < -0.4 is 0 Å². The smallest absolute Gasteiger partial charge is 0.159 e. The standard InChI is InChI=1S/C27H22O2/c1-17(28)18-13-15-20(16-14-18)26-24-22-12-8-7-11-21(22)23(19-9-5-4-6-10-19)25(24)27(2,3)29-26/h4-16H,1-3H3. The number of rotatable bonds is 3. The average molecular weight is 378 g/mol. The maximum Gasteiger partial charge on any atom is 0.159 e. The average Bonchev–Trinajstić information content (AvgIpc) is 3.22. The van der Waals surface area contributed by atoms with E-state index in [2.05, 4.69) is 62.4 Å². The van der Waals surface area contributed by atoms with Crippen molar-refractivity contribution in [2.24, 2.45) is 0 Å². The highest BCUT2D eigenvalue weighted by atomic mass is 16.5. The lowest BCUT2D eigenvalue weighted by atomic mass is 9.89. The van der Waals surface area contributed by atoms with Gasteiger partial charge in [-0.1, -0.05) is 78.9 Å². The van der Waals surface area contributed by atoms with Gasteiger partial charge in [-0.2, -0.15) is 0 Å². The third-order valence-electron chi connectivity index (χ3n) is 5.77. The summed E-state index contributed by atoms with van der Waals surface area (Å²) < 4.78 is 6.55. The van der Waals surface area contributed by atoms with Gasteiger partial charge in [0.15, 0.2) is 5.78 Å². The van der Waals surface area contributed by atoms with E-state index in [0.717, 1.165) is 11.3 Å². The molecule has 0 saturated heterocycles. The number of ketones is 1. The molecule has 2 heteroatoms. The quantitative estimate of drug-likeness (QED) is 0.494. The van der Waals surface area contributed by atoms with Crippen molar-refractivity contribution in [3.8, 4) is 0 Å². The van der Waals surface area contributed by atoms with Crippen molar-refractivity contribution in [3.05, 3.63) is 112 Å². The summed E-state index contributed by atoms with van der Waals surface area (Å²) in [7, 11) is 0. The zero-order chi connectivity index (χ0) is 20.2. The van der Waals surface area contributed by atoms with Crippen LogP contribution in [0.15, 0.2) is 84.4 Å². The predicted octanol–water partition coefficient (Wildman–Crippen LogP) is 6.38. The van der Waals surface area contributed by atoms with Gasteiger partial charge >= 0.3 is 0 Å². The monoisotopic (exact) mass is 378 g/mol. The molecular formula is C27H22O2. The molecule has 2 aliphatic rings. The lowest BCUT2D eigenvalue weighted by molar-refractivity contribution is 0.101. The summed E-state index contributed by atoms with van der Waals surface area (Å²) >= 11 is 0. The molecule has 0 amide bonds. The van der Waals surface area contributed by atoms with Gasteiger partial charge in [-0.15, -0.1) is 0 Å². The molecule has 0 radical (unpaired) electrons. The Hall–Kier alpha value is -3.39. The SMILES string of the molecule is CC(=O)c1ccc(C2=C3C(=C(c4ccccc4)c4ccccc43)C(C)(C)O2)cc1. The molecule has 0 unspecified atom stereocenters. The molecule has 0 bridgehead atoms. The van der Waals surface area contributed by atoms with E-state index in [1.165, 1.54) is 33.4 Å². The Balaban J connectivity index is 1.79. The fourth-order valence-corrected chi connectivity index (χ4v) is 4.47. The summed E-state index contributed by atoms with van der Waals surface area (Å²) in [6.45, 7) is 5.86. The van der Waals surface area contributed by atoms with E-state index in [9.17, 15) is 4.79 Å². The Morgan fingerprint density at radius 1 is 0.724 bits per heavy atom. The molecular weight excluding hydrogens is 356 g/mol. The van der Waals surface area contributed by atoms with Gasteiger partial charge in [-0.25, -0.2) is 0 Å². The minimum absolute atomic E-state index is 0.0695. The number of fused-ring (bicyclic) bond motifs is 3. The van der Waals surface area contributed by atoms with Crippen LogP contribution in [0.4, 0.5) is 0 Å². The fourth-order valence-electron chi connectivity index (χ4n) is 4.47. The van der Waals surface area contributed by atoms with Gasteiger partial charge in [0.2, 0.25) is 0 Å². The summed E-state index contributed by atoms with van der Waals surface area (Å²) in [6, 6.07) is 26.8. The van der Waals surface area contributed by atoms with Crippen molar-refractivity contribution in [2.75, 3.05) is 0 Å². The second kappa shape index (κ2) is 6.31. The minimum Gasteiger partial charge on any atom is -0.482 e. The Bertz CT molecular complexity index is 1190. The number of carbonyl (C=O) groups is 1. The van der Waals surface area contributed by atoms with Crippen molar-refractivity contribution in [3.63, 3.8) is 0 Å². The Morgan fingerprint density at radius 3 is 1.93 bits per heavy atom. The topological polar surface area (TPSA) is 26.3 Å². The predicted molar refractivity (Wildman–Crippen MR) is 117 cm³/mol. The van der Waals surface area contributed by atoms with Gasteiger partial charge in [-0.05, 0) is 43.0 Å². The maximum atomic E-state index is 11.7. The van der Waals surface area contributed by atoms with Gasteiger partial charge in [-0.3, -0.25) is 4.79 Å². The van der Waals surface area contributed by atoms with Crippen LogP contribution in [0.5, 0.6) is 0 Å². The molecule has 1 aliphatic heterocycles. The fraction of sp³-hybridized carbons (Fsp3) is 0.148. The van der Waals surface area contributed by atoms with Crippen molar-refractivity contribution < 1.29 is 9.53 Å². The van der Waals surface area contributed by atoms with Crippen LogP contribution in [0.3, 0.4) is 0 Å². The Kier molecular flexibility index (Phi) is 3.85. The highest BCUT2D eigenvalue weighted by molar-refractivity contribution is 6.14. The second-order valence-electron chi connectivity index (χ2n) is 8.11. The molecule has 5 rings (SSSR count). The Morgan fingerprint density at radius 2 is 1.31 bits per heavy atom. The first-order valence-electron chi connectivity index (χ1n) is 9.92. The summed E-state index contributed by atoms with van der Waals surface area (Å²) in [6.07, 6.45) is 0. The number of hydrogen-bond acceptors (Lipinski definition) is 2. The normalized spacial score (nSPS) is 16.5. The van der Waals surface area contributed by atoms with Crippen LogP contribution in [0.25, 0.3) is 16.9 Å². The van der Waals surface area contributed by atoms with Crippen LogP contribution >= 0.6 is 0 Å². The summed E-state index contributed by atoms with van der Waals surface area (Å²) in [5.41, 5.74) is 8.56. The van der Waals surface area contributed by atoms with E-state index in [4.69, 9.17) is 4.74 Å². The highest BCUT2D eigenvalue weighted by Gasteiger charge is 2.45. The molecule has 0 fully saturated rings. The highest BCUT2D eigenvalue weighted by Crippen LogP contribution is 2.57. The molecule has 0 saturated carbocycles. The van der Waals surface area contributed by atoms with E-state index >= 15 is 0 Å². The zero-order valence-corrected chi connectivity index (χ0v) is 16.8. The summed E-state index contributed by atoms with van der Waals surface area (Å²) in [4.78, 5) is 11.7. The first kappa shape index (κ1) is 17.7. The lowest BCUT2D eigenvalue weighted by Crippen LogP contribution is -2.21. The molecule has 3 aromatic carbocycles. The van der Waals surface area contributed by atoms with Crippen LogP contribution in [0.2, 0.25) is 0 Å². The minimum atomic E-state index is -0.450. The third kappa shape index (κ3) is 2.67. The zero-order valence-electron chi connectivity index (χ0n) is 16.8. The summed E-state index contributed by atoms with van der Waals surface area (Å²) in [5, 5.41) is 0. The second-order valence-corrected chi connectivity index (χ2v) is 8.11. The van der Waals surface area contributed by atoms with Crippen molar-refractivity contribution >= 4 is 22.7 Å². The van der Waals surface area contributed by atoms with E-state index in [-0.39, 0.29) is 5.78 Å². The van der Waals surface area contributed by atoms with E-state index < -0.39 is 5.60 Å². The number of Topliss-reactive ketones (excluding diaryl/α,β-unsaturated/α-hetero) is 1. The van der Waals surface area contributed by atoms with Crippen molar-refractivity contribution in [2.45, 2.75) is 26.4 Å². The Labute approximate surface area is 171 Å². The molecule has 0 aromatic heterocycles. The van der Waals surface area contributed by atoms with Gasteiger partial charge < -0.3 is 4.74 Å². The van der Waals surface area contributed by atoms with Crippen molar-refractivity contribution in [1.29, 1.82) is 0 Å². The molecule has 2 nitrogen and oxygen atoms in total. The molecule has 0 atom stereocenters. The van der Waals surface area contributed by atoms with Gasteiger partial charge in [0.25, 0.3) is 0 Å². The molecule has 142 valence electrons. The van der Waals surface area contributed by atoms with Crippen LogP contribution in [0.1, 0.15) is 53.4 Å². The van der Waals surface area contributed by atoms with Crippen LogP contribution in [-0.4, -0.2) is 11.4 Å². The first-order chi connectivity index (χ1) is 14.0. The van der Waals surface area contributed by atoms with Crippen LogP contribution in [0, 0.1) is 0 Å². The third-order valence-corrected chi connectivity index (χ3v) is 5.77. The molecule has 29 heavy (non-hydrogen) atoms. The van der Waals surface area contributed by atoms with E-state index in [1.54, 1.807) is 6.92 Å². The first-order valence-corrected chi connectivity index (χ1v) is 9.92. The molecule has 0 spiro atoms. The van der Waals surface area contributed by atoms with Crippen LogP contribution in [-0.2, 0) is 4.74 Å². The van der Waals surface area contributed by atoms with Gasteiger partial charge in [0.05, 0.1) is 0 Å². The summed E-state index contributed by atoms with van der Waals surface area (Å²) in [5.74, 6) is 0.957. The van der Waals surface area contributed by atoms with Gasteiger partial charge in [0.1, 0.15) is 11.4 Å².